The monoisotopic (exact) mass is 271 g/mol. The van der Waals surface area contributed by atoms with Crippen LogP contribution in [-0.2, 0) is 18.4 Å². The molecule has 1 nitrogen and oxygen atoms in total. The van der Waals surface area contributed by atoms with Gasteiger partial charge in [-0.05, 0) is 28.5 Å². The van der Waals surface area contributed by atoms with Gasteiger partial charge in [0.1, 0.15) is 0 Å². The molecule has 106 valence electrons. The maximum Gasteiger partial charge on any atom is 0.401 e. The molecule has 0 saturated heterocycles. The molecule has 0 spiro atoms. The van der Waals surface area contributed by atoms with Crippen molar-refractivity contribution in [3.05, 3.63) is 34.9 Å². The maximum atomic E-state index is 12.4. The molecule has 0 N–H and O–H groups in total. The normalized spacial score (nSPS) is 17.4. The van der Waals surface area contributed by atoms with Crippen molar-refractivity contribution in [2.75, 3.05) is 13.1 Å². The highest BCUT2D eigenvalue weighted by Crippen LogP contribution is 2.28. The van der Waals surface area contributed by atoms with Gasteiger partial charge in [0, 0.05) is 13.1 Å². The molecule has 1 aromatic carbocycles. The second-order valence-electron chi connectivity index (χ2n) is 6.31. The highest BCUT2D eigenvalue weighted by Gasteiger charge is 2.32. The lowest BCUT2D eigenvalue weighted by molar-refractivity contribution is -0.147. The Morgan fingerprint density at radius 3 is 2.37 bits per heavy atom. The predicted molar refractivity (Wildman–Crippen MR) is 70.2 cm³/mol. The number of hydrogen-bond donors (Lipinski definition) is 0. The van der Waals surface area contributed by atoms with Crippen LogP contribution in [-0.4, -0.2) is 24.2 Å². The molecule has 0 bridgehead atoms. The van der Waals surface area contributed by atoms with Crippen LogP contribution in [0.1, 0.15) is 37.5 Å². The Hall–Kier alpha value is -1.03. The second-order valence-corrected chi connectivity index (χ2v) is 6.31. The summed E-state index contributed by atoms with van der Waals surface area (Å²) in [6.45, 7) is 6.42. The third kappa shape index (κ3) is 3.72. The van der Waals surface area contributed by atoms with Gasteiger partial charge in [-0.2, -0.15) is 13.2 Å². The molecule has 0 aliphatic carbocycles. The van der Waals surface area contributed by atoms with Gasteiger partial charge in [0.05, 0.1) is 6.54 Å². The Bertz CT molecular complexity index is 457. The van der Waals surface area contributed by atoms with Crippen molar-refractivity contribution in [2.24, 2.45) is 0 Å². The van der Waals surface area contributed by atoms with Crippen LogP contribution in [0.25, 0.3) is 0 Å². The van der Waals surface area contributed by atoms with Gasteiger partial charge in [-0.1, -0.05) is 39.0 Å². The molecule has 1 aromatic rings. The highest BCUT2D eigenvalue weighted by molar-refractivity contribution is 5.36. The number of hydrogen-bond acceptors (Lipinski definition) is 1. The number of halogens is 3. The molecular weight excluding hydrogens is 251 g/mol. The molecule has 0 atom stereocenters. The molecule has 1 aliphatic heterocycles. The minimum absolute atomic E-state index is 0.0291. The van der Waals surface area contributed by atoms with Crippen molar-refractivity contribution in [1.29, 1.82) is 0 Å². The Labute approximate surface area is 112 Å². The summed E-state index contributed by atoms with van der Waals surface area (Å²) in [6, 6.07) is 6.23. The standard InChI is InChI=1S/C15H20F3N/c1-14(2,3)13-5-4-11-6-7-19(9-12(11)8-13)10-15(16,17)18/h4-5,8H,6-7,9-10H2,1-3H3. The number of fused-ring (bicyclic) bond motifs is 1. The Morgan fingerprint density at radius 2 is 1.79 bits per heavy atom. The maximum absolute atomic E-state index is 12.4. The van der Waals surface area contributed by atoms with E-state index in [2.05, 4.69) is 39.0 Å². The molecular formula is C15H20F3N. The lowest BCUT2D eigenvalue weighted by Gasteiger charge is -2.31. The van der Waals surface area contributed by atoms with E-state index in [-0.39, 0.29) is 5.41 Å². The van der Waals surface area contributed by atoms with Gasteiger partial charge < -0.3 is 0 Å². The number of benzene rings is 1. The summed E-state index contributed by atoms with van der Waals surface area (Å²) in [5, 5.41) is 0. The van der Waals surface area contributed by atoms with Crippen molar-refractivity contribution < 1.29 is 13.2 Å². The fourth-order valence-electron chi connectivity index (χ4n) is 2.47. The van der Waals surface area contributed by atoms with Gasteiger partial charge in [-0.3, -0.25) is 4.90 Å². The van der Waals surface area contributed by atoms with E-state index in [9.17, 15) is 13.2 Å². The molecule has 1 heterocycles. The topological polar surface area (TPSA) is 3.24 Å². The average molecular weight is 271 g/mol. The second kappa shape index (κ2) is 4.82. The van der Waals surface area contributed by atoms with Crippen molar-refractivity contribution in [1.82, 2.24) is 4.90 Å². The van der Waals surface area contributed by atoms with Crippen LogP contribution in [0.15, 0.2) is 18.2 Å². The van der Waals surface area contributed by atoms with Gasteiger partial charge in [0.15, 0.2) is 0 Å². The van der Waals surface area contributed by atoms with Gasteiger partial charge in [-0.25, -0.2) is 0 Å². The van der Waals surface area contributed by atoms with Crippen LogP contribution in [0.2, 0.25) is 0 Å². The third-order valence-electron chi connectivity index (χ3n) is 3.57. The lowest BCUT2D eigenvalue weighted by atomic mass is 9.84. The van der Waals surface area contributed by atoms with E-state index in [4.69, 9.17) is 0 Å². The van der Waals surface area contributed by atoms with E-state index in [1.54, 1.807) is 0 Å². The quantitative estimate of drug-likeness (QED) is 0.748. The van der Waals surface area contributed by atoms with E-state index in [1.807, 2.05) is 0 Å². The van der Waals surface area contributed by atoms with Crippen LogP contribution in [0.5, 0.6) is 0 Å². The fourth-order valence-corrected chi connectivity index (χ4v) is 2.47. The molecule has 0 unspecified atom stereocenters. The predicted octanol–water partition coefficient (Wildman–Crippen LogP) is 3.90. The molecule has 0 aromatic heterocycles. The van der Waals surface area contributed by atoms with Crippen molar-refractivity contribution in [2.45, 2.75) is 45.3 Å². The highest BCUT2D eigenvalue weighted by atomic mass is 19.4. The largest absolute Gasteiger partial charge is 0.401 e. The first-order valence-electron chi connectivity index (χ1n) is 6.56. The minimum atomic E-state index is -4.11. The SMILES string of the molecule is CC(C)(C)c1ccc2c(c1)CN(CC(F)(F)F)CC2. The first kappa shape index (κ1) is 14.4. The molecule has 19 heavy (non-hydrogen) atoms. The summed E-state index contributed by atoms with van der Waals surface area (Å²) in [7, 11) is 0. The zero-order valence-electron chi connectivity index (χ0n) is 11.6. The summed E-state index contributed by atoms with van der Waals surface area (Å²) in [4.78, 5) is 1.48. The van der Waals surface area contributed by atoms with Crippen LogP contribution in [0.4, 0.5) is 13.2 Å². The Kier molecular flexibility index (Phi) is 3.65. The molecule has 0 fully saturated rings. The van der Waals surface area contributed by atoms with Crippen molar-refractivity contribution >= 4 is 0 Å². The zero-order chi connectivity index (χ0) is 14.3. The first-order chi connectivity index (χ1) is 8.65. The van der Waals surface area contributed by atoms with Gasteiger partial charge >= 0.3 is 6.18 Å². The average Bonchev–Trinajstić information content (AvgIpc) is 2.24. The molecule has 2 rings (SSSR count). The van der Waals surface area contributed by atoms with E-state index >= 15 is 0 Å². The van der Waals surface area contributed by atoms with Gasteiger partial charge in [0.25, 0.3) is 0 Å². The van der Waals surface area contributed by atoms with E-state index in [0.717, 1.165) is 5.56 Å². The van der Waals surface area contributed by atoms with Crippen LogP contribution >= 0.6 is 0 Å². The van der Waals surface area contributed by atoms with Gasteiger partial charge in [-0.15, -0.1) is 0 Å². The van der Waals surface area contributed by atoms with E-state index in [0.29, 0.717) is 19.5 Å². The number of nitrogens with zero attached hydrogens (tertiary/aromatic N) is 1. The smallest absolute Gasteiger partial charge is 0.290 e. The summed E-state index contributed by atoms with van der Waals surface area (Å²) >= 11 is 0. The number of alkyl halides is 3. The fraction of sp³-hybridized carbons (Fsp3) is 0.600. The van der Waals surface area contributed by atoms with Crippen molar-refractivity contribution in [3.8, 4) is 0 Å². The molecule has 0 amide bonds. The third-order valence-corrected chi connectivity index (χ3v) is 3.57. The van der Waals surface area contributed by atoms with Crippen LogP contribution < -0.4 is 0 Å². The Morgan fingerprint density at radius 1 is 1.11 bits per heavy atom. The first-order valence-corrected chi connectivity index (χ1v) is 6.56. The Balaban J connectivity index is 2.19. The summed E-state index contributed by atoms with van der Waals surface area (Å²) < 4.78 is 37.3. The summed E-state index contributed by atoms with van der Waals surface area (Å²) in [5.41, 5.74) is 3.44. The van der Waals surface area contributed by atoms with E-state index < -0.39 is 12.7 Å². The number of rotatable bonds is 1. The van der Waals surface area contributed by atoms with Crippen LogP contribution in [0.3, 0.4) is 0 Å². The zero-order valence-corrected chi connectivity index (χ0v) is 11.6. The van der Waals surface area contributed by atoms with Gasteiger partial charge in [0.2, 0.25) is 0 Å². The summed E-state index contributed by atoms with van der Waals surface area (Å²) in [5.74, 6) is 0. The molecule has 0 saturated carbocycles. The lowest BCUT2D eigenvalue weighted by Crippen LogP contribution is -2.38. The molecule has 4 heteroatoms. The minimum Gasteiger partial charge on any atom is -0.290 e. The molecule has 1 aliphatic rings. The molecule has 0 radical (unpaired) electrons. The van der Waals surface area contributed by atoms with E-state index in [1.165, 1.54) is 16.0 Å². The summed E-state index contributed by atoms with van der Waals surface area (Å²) in [6.07, 6.45) is -3.41. The van der Waals surface area contributed by atoms with Crippen molar-refractivity contribution in [3.63, 3.8) is 0 Å². The van der Waals surface area contributed by atoms with Crippen LogP contribution in [0, 0.1) is 0 Å².